The fraction of sp³-hybridized carbons (Fsp3) is 0.429. The molecule has 1 aromatic rings. The number of nitrogens with one attached hydrogen (secondary N) is 2. The molecule has 0 aliphatic rings. The van der Waals surface area contributed by atoms with Gasteiger partial charge in [-0.1, -0.05) is 19.9 Å². The molecule has 0 atom stereocenters. The lowest BCUT2D eigenvalue weighted by molar-refractivity contribution is -0.121. The molecule has 4 N–H and O–H groups in total. The first-order valence-electron chi connectivity index (χ1n) is 6.47. The zero-order chi connectivity index (χ0) is 15.1. The maximum atomic E-state index is 11.8. The van der Waals surface area contributed by atoms with Crippen LogP contribution in [0.25, 0.3) is 0 Å². The van der Waals surface area contributed by atoms with Crippen molar-refractivity contribution in [3.05, 3.63) is 23.8 Å². The van der Waals surface area contributed by atoms with Crippen molar-refractivity contribution in [1.29, 1.82) is 0 Å². The van der Waals surface area contributed by atoms with Gasteiger partial charge < -0.3 is 20.8 Å². The number of aromatic hydroxyl groups is 2. The van der Waals surface area contributed by atoms with E-state index in [1.54, 1.807) is 0 Å². The van der Waals surface area contributed by atoms with Gasteiger partial charge in [0.05, 0.1) is 5.56 Å². The lowest BCUT2D eigenvalue weighted by atomic mass is 10.1. The molecule has 0 aromatic heterocycles. The van der Waals surface area contributed by atoms with Crippen LogP contribution in [0.3, 0.4) is 0 Å². The summed E-state index contributed by atoms with van der Waals surface area (Å²) in [6.07, 6.45) is 0.165. The van der Waals surface area contributed by atoms with Gasteiger partial charge in [0.1, 0.15) is 0 Å². The van der Waals surface area contributed by atoms with Crippen LogP contribution in [0.1, 0.15) is 30.6 Å². The van der Waals surface area contributed by atoms with Crippen LogP contribution in [0.2, 0.25) is 0 Å². The van der Waals surface area contributed by atoms with Crippen molar-refractivity contribution in [1.82, 2.24) is 10.6 Å². The van der Waals surface area contributed by atoms with E-state index in [9.17, 15) is 19.8 Å². The Morgan fingerprint density at radius 1 is 1.20 bits per heavy atom. The van der Waals surface area contributed by atoms with Crippen LogP contribution < -0.4 is 10.6 Å². The molecule has 0 aliphatic carbocycles. The summed E-state index contributed by atoms with van der Waals surface area (Å²) in [5.74, 6) is -1.12. The van der Waals surface area contributed by atoms with Crippen LogP contribution in [0, 0.1) is 5.92 Å². The van der Waals surface area contributed by atoms with E-state index in [2.05, 4.69) is 10.6 Å². The minimum atomic E-state index is -0.532. The highest BCUT2D eigenvalue weighted by molar-refractivity contribution is 5.97. The van der Waals surface area contributed by atoms with Crippen LogP contribution in [-0.4, -0.2) is 35.1 Å². The molecule has 0 spiro atoms. The number of hydrogen-bond donors (Lipinski definition) is 4. The molecule has 0 unspecified atom stereocenters. The van der Waals surface area contributed by atoms with Crippen molar-refractivity contribution in [2.24, 2.45) is 5.92 Å². The van der Waals surface area contributed by atoms with E-state index in [0.717, 1.165) is 0 Å². The van der Waals surface area contributed by atoms with Gasteiger partial charge in [0, 0.05) is 19.5 Å². The monoisotopic (exact) mass is 280 g/mol. The number of amides is 2. The van der Waals surface area contributed by atoms with Crippen LogP contribution in [-0.2, 0) is 4.79 Å². The fourth-order valence-corrected chi connectivity index (χ4v) is 1.51. The standard InChI is InChI=1S/C14H20N2O4/c1-9(2)8-16-12(18)6-7-15-14(20)10-4-3-5-11(17)13(10)19/h3-5,9,17,19H,6-8H2,1-2H3,(H,15,20)(H,16,18). The van der Waals surface area contributed by atoms with Crippen LogP contribution >= 0.6 is 0 Å². The molecule has 1 rings (SSSR count). The summed E-state index contributed by atoms with van der Waals surface area (Å²) in [6, 6.07) is 4.13. The van der Waals surface area contributed by atoms with Crippen molar-refractivity contribution in [3.8, 4) is 11.5 Å². The zero-order valence-electron chi connectivity index (χ0n) is 11.6. The van der Waals surface area contributed by atoms with E-state index >= 15 is 0 Å². The molecule has 6 heteroatoms. The molecule has 0 heterocycles. The number of hydrogen-bond acceptors (Lipinski definition) is 4. The Hall–Kier alpha value is -2.24. The van der Waals surface area contributed by atoms with Crippen molar-refractivity contribution in [3.63, 3.8) is 0 Å². The van der Waals surface area contributed by atoms with Gasteiger partial charge in [-0.3, -0.25) is 9.59 Å². The van der Waals surface area contributed by atoms with Gasteiger partial charge in [-0.2, -0.15) is 0 Å². The average Bonchev–Trinajstić information content (AvgIpc) is 2.39. The normalized spacial score (nSPS) is 10.3. The van der Waals surface area contributed by atoms with Gasteiger partial charge in [0.25, 0.3) is 5.91 Å². The summed E-state index contributed by atoms with van der Waals surface area (Å²) in [5.41, 5.74) is -0.0208. The Kier molecular flexibility index (Phi) is 5.83. The topological polar surface area (TPSA) is 98.7 Å². The smallest absolute Gasteiger partial charge is 0.255 e. The van der Waals surface area contributed by atoms with E-state index < -0.39 is 11.7 Å². The van der Waals surface area contributed by atoms with E-state index in [0.29, 0.717) is 12.5 Å². The summed E-state index contributed by atoms with van der Waals surface area (Å²) in [6.45, 7) is 4.75. The van der Waals surface area contributed by atoms with Crippen molar-refractivity contribution in [2.75, 3.05) is 13.1 Å². The Labute approximate surface area is 117 Å². The number of phenols is 2. The minimum absolute atomic E-state index is 0.0208. The number of carbonyl (C=O) groups is 2. The third kappa shape index (κ3) is 4.79. The van der Waals surface area contributed by atoms with Crippen LogP contribution in [0.15, 0.2) is 18.2 Å². The second kappa shape index (κ2) is 7.37. The Balaban J connectivity index is 2.40. The summed E-state index contributed by atoms with van der Waals surface area (Å²) in [4.78, 5) is 23.2. The molecular formula is C14H20N2O4. The molecule has 1 aromatic carbocycles. The highest BCUT2D eigenvalue weighted by atomic mass is 16.3. The Bertz CT molecular complexity index is 486. The summed E-state index contributed by atoms with van der Waals surface area (Å²) >= 11 is 0. The summed E-state index contributed by atoms with van der Waals surface area (Å²) in [7, 11) is 0. The highest BCUT2D eigenvalue weighted by Crippen LogP contribution is 2.27. The lowest BCUT2D eigenvalue weighted by Gasteiger charge is -2.09. The molecule has 0 saturated heterocycles. The van der Waals surface area contributed by atoms with E-state index in [1.807, 2.05) is 13.8 Å². The van der Waals surface area contributed by atoms with E-state index in [-0.39, 0.29) is 30.2 Å². The first kappa shape index (κ1) is 15.8. The van der Waals surface area contributed by atoms with Gasteiger partial charge in [0.15, 0.2) is 11.5 Å². The second-order valence-corrected chi connectivity index (χ2v) is 4.88. The first-order chi connectivity index (χ1) is 9.41. The third-order valence-electron chi connectivity index (χ3n) is 2.60. The van der Waals surface area contributed by atoms with Crippen molar-refractivity contribution in [2.45, 2.75) is 20.3 Å². The van der Waals surface area contributed by atoms with E-state index in [1.165, 1.54) is 18.2 Å². The lowest BCUT2D eigenvalue weighted by Crippen LogP contribution is -2.32. The zero-order valence-corrected chi connectivity index (χ0v) is 11.6. The quantitative estimate of drug-likeness (QED) is 0.584. The molecule has 6 nitrogen and oxygen atoms in total. The van der Waals surface area contributed by atoms with Gasteiger partial charge in [-0.25, -0.2) is 0 Å². The molecule has 0 aliphatic heterocycles. The SMILES string of the molecule is CC(C)CNC(=O)CCNC(=O)c1cccc(O)c1O. The van der Waals surface area contributed by atoms with Gasteiger partial charge >= 0.3 is 0 Å². The third-order valence-corrected chi connectivity index (χ3v) is 2.60. The minimum Gasteiger partial charge on any atom is -0.504 e. The average molecular weight is 280 g/mol. The number of para-hydroxylation sites is 1. The van der Waals surface area contributed by atoms with E-state index in [4.69, 9.17) is 0 Å². The number of benzene rings is 1. The molecule has 0 fully saturated rings. The molecule has 110 valence electrons. The second-order valence-electron chi connectivity index (χ2n) is 4.88. The molecule has 20 heavy (non-hydrogen) atoms. The maximum absolute atomic E-state index is 11.8. The highest BCUT2D eigenvalue weighted by Gasteiger charge is 2.13. The van der Waals surface area contributed by atoms with Crippen molar-refractivity contribution >= 4 is 11.8 Å². The van der Waals surface area contributed by atoms with Gasteiger partial charge in [0.2, 0.25) is 5.91 Å². The van der Waals surface area contributed by atoms with Gasteiger partial charge in [-0.05, 0) is 18.1 Å². The number of carbonyl (C=O) groups excluding carboxylic acids is 2. The first-order valence-corrected chi connectivity index (χ1v) is 6.47. The fourth-order valence-electron chi connectivity index (χ4n) is 1.51. The maximum Gasteiger partial charge on any atom is 0.255 e. The van der Waals surface area contributed by atoms with Crippen LogP contribution in [0.4, 0.5) is 0 Å². The Morgan fingerprint density at radius 3 is 2.55 bits per heavy atom. The Morgan fingerprint density at radius 2 is 1.90 bits per heavy atom. The van der Waals surface area contributed by atoms with Gasteiger partial charge in [-0.15, -0.1) is 0 Å². The number of rotatable bonds is 6. The molecule has 0 bridgehead atoms. The largest absolute Gasteiger partial charge is 0.504 e. The molecule has 0 saturated carbocycles. The molecule has 0 radical (unpaired) electrons. The van der Waals surface area contributed by atoms with Crippen molar-refractivity contribution < 1.29 is 19.8 Å². The molecule has 2 amide bonds. The predicted molar refractivity (Wildman–Crippen MR) is 74.6 cm³/mol. The van der Waals surface area contributed by atoms with Crippen LogP contribution in [0.5, 0.6) is 11.5 Å². The summed E-state index contributed by atoms with van der Waals surface area (Å²) < 4.78 is 0. The number of phenolic OH excluding ortho intramolecular Hbond substituents is 2. The molecular weight excluding hydrogens is 260 g/mol. The predicted octanol–water partition coefficient (Wildman–Crippen LogP) is 0.990. The summed E-state index contributed by atoms with van der Waals surface area (Å²) in [5, 5.41) is 24.1.